The highest BCUT2D eigenvalue weighted by Gasteiger charge is 2.33. The number of para-hydroxylation sites is 1. The molecule has 3 aromatic rings. The predicted molar refractivity (Wildman–Crippen MR) is 95.2 cm³/mol. The van der Waals surface area contributed by atoms with E-state index in [0.717, 1.165) is 11.6 Å². The van der Waals surface area contributed by atoms with Crippen molar-refractivity contribution in [2.45, 2.75) is 12.7 Å². The summed E-state index contributed by atoms with van der Waals surface area (Å²) >= 11 is 0. The van der Waals surface area contributed by atoms with Crippen molar-refractivity contribution in [3.63, 3.8) is 0 Å². The lowest BCUT2D eigenvalue weighted by Gasteiger charge is -2.13. The van der Waals surface area contributed by atoms with Gasteiger partial charge < -0.3 is 10.6 Å². The van der Waals surface area contributed by atoms with Gasteiger partial charge in [-0.15, -0.1) is 0 Å². The molecule has 2 aromatic heterocycles. The first kappa shape index (κ1) is 18.4. The number of anilines is 2. The van der Waals surface area contributed by atoms with Crippen LogP contribution in [0.3, 0.4) is 0 Å². The van der Waals surface area contributed by atoms with Crippen molar-refractivity contribution in [3.05, 3.63) is 83.9 Å². The maximum absolute atomic E-state index is 13.0. The van der Waals surface area contributed by atoms with Gasteiger partial charge in [-0.05, 0) is 35.9 Å². The zero-order valence-corrected chi connectivity index (χ0v) is 14.0. The van der Waals surface area contributed by atoms with Gasteiger partial charge in [0.2, 0.25) is 0 Å². The van der Waals surface area contributed by atoms with Crippen LogP contribution in [-0.2, 0) is 12.7 Å². The number of carbonyl (C=O) groups excluding carboxylic acids is 1. The highest BCUT2D eigenvalue weighted by Crippen LogP contribution is 2.34. The maximum atomic E-state index is 13.0. The molecule has 0 aliphatic heterocycles. The van der Waals surface area contributed by atoms with Crippen molar-refractivity contribution in [1.29, 1.82) is 0 Å². The number of nitrogens with one attached hydrogen (secondary N) is 2. The van der Waals surface area contributed by atoms with Gasteiger partial charge in [-0.25, -0.2) is 4.98 Å². The minimum Gasteiger partial charge on any atom is -0.380 e. The molecule has 0 fully saturated rings. The average molecular weight is 372 g/mol. The third-order valence-electron chi connectivity index (χ3n) is 3.70. The molecule has 0 aliphatic rings. The van der Waals surface area contributed by atoms with Crippen molar-refractivity contribution in [3.8, 4) is 0 Å². The minimum atomic E-state index is -4.56. The van der Waals surface area contributed by atoms with Crippen molar-refractivity contribution in [1.82, 2.24) is 9.97 Å². The number of rotatable bonds is 5. The zero-order chi connectivity index (χ0) is 19.3. The molecular formula is C19H15F3N4O. The SMILES string of the molecule is O=C(Nc1ccccc1C(F)(F)F)c1ccc(NCc2cccnc2)cn1. The molecule has 27 heavy (non-hydrogen) atoms. The topological polar surface area (TPSA) is 66.9 Å². The van der Waals surface area contributed by atoms with Gasteiger partial charge >= 0.3 is 6.18 Å². The summed E-state index contributed by atoms with van der Waals surface area (Å²) in [6.07, 6.45) is 0.286. The van der Waals surface area contributed by atoms with Crippen LogP contribution in [0.15, 0.2) is 67.1 Å². The molecule has 8 heteroatoms. The molecular weight excluding hydrogens is 357 g/mol. The van der Waals surface area contributed by atoms with E-state index in [4.69, 9.17) is 0 Å². The number of nitrogens with zero attached hydrogens (tertiary/aromatic N) is 2. The van der Waals surface area contributed by atoms with Crippen molar-refractivity contribution in [2.75, 3.05) is 10.6 Å². The lowest BCUT2D eigenvalue weighted by Crippen LogP contribution is -2.17. The number of halogens is 3. The molecule has 2 N–H and O–H groups in total. The largest absolute Gasteiger partial charge is 0.418 e. The average Bonchev–Trinajstić information content (AvgIpc) is 2.67. The summed E-state index contributed by atoms with van der Waals surface area (Å²) in [6, 6.07) is 11.6. The number of aromatic nitrogens is 2. The third-order valence-corrected chi connectivity index (χ3v) is 3.70. The maximum Gasteiger partial charge on any atom is 0.418 e. The fraction of sp³-hybridized carbons (Fsp3) is 0.105. The monoisotopic (exact) mass is 372 g/mol. The number of alkyl halides is 3. The van der Waals surface area contributed by atoms with Crippen LogP contribution in [0.4, 0.5) is 24.5 Å². The molecule has 3 rings (SSSR count). The van der Waals surface area contributed by atoms with E-state index < -0.39 is 17.6 Å². The molecule has 0 aliphatic carbocycles. The summed E-state index contributed by atoms with van der Waals surface area (Å²) in [7, 11) is 0. The number of benzene rings is 1. The molecule has 0 unspecified atom stereocenters. The molecule has 0 bridgehead atoms. The molecule has 0 radical (unpaired) electrons. The molecule has 1 amide bonds. The van der Waals surface area contributed by atoms with Gasteiger partial charge in [-0.3, -0.25) is 9.78 Å². The number of hydrogen-bond acceptors (Lipinski definition) is 4. The Morgan fingerprint density at radius 2 is 1.81 bits per heavy atom. The van der Waals surface area contributed by atoms with Crippen LogP contribution in [0.2, 0.25) is 0 Å². The van der Waals surface area contributed by atoms with Gasteiger partial charge in [0, 0.05) is 18.9 Å². The number of hydrogen-bond donors (Lipinski definition) is 2. The standard InChI is InChI=1S/C19H15F3N4O/c20-19(21,22)15-5-1-2-6-16(15)26-18(27)17-8-7-14(12-25-17)24-11-13-4-3-9-23-10-13/h1-10,12,24H,11H2,(H,26,27). The van der Waals surface area contributed by atoms with Gasteiger partial charge in [0.25, 0.3) is 5.91 Å². The second-order valence-corrected chi connectivity index (χ2v) is 5.64. The van der Waals surface area contributed by atoms with E-state index in [1.165, 1.54) is 30.5 Å². The van der Waals surface area contributed by atoms with Crippen LogP contribution < -0.4 is 10.6 Å². The van der Waals surface area contributed by atoms with Crippen LogP contribution in [0.1, 0.15) is 21.6 Å². The first-order chi connectivity index (χ1) is 12.9. The van der Waals surface area contributed by atoms with Crippen molar-refractivity contribution >= 4 is 17.3 Å². The quantitative estimate of drug-likeness (QED) is 0.698. The lowest BCUT2D eigenvalue weighted by molar-refractivity contribution is -0.136. The zero-order valence-electron chi connectivity index (χ0n) is 14.0. The molecule has 0 atom stereocenters. The summed E-state index contributed by atoms with van der Waals surface area (Å²) < 4.78 is 39.0. The second kappa shape index (κ2) is 7.86. The molecule has 5 nitrogen and oxygen atoms in total. The number of carbonyl (C=O) groups is 1. The van der Waals surface area contributed by atoms with Crippen molar-refractivity contribution in [2.24, 2.45) is 0 Å². The number of pyridine rings is 2. The predicted octanol–water partition coefficient (Wildman–Crippen LogP) is 4.36. The van der Waals surface area contributed by atoms with E-state index in [1.54, 1.807) is 18.5 Å². The first-order valence-electron chi connectivity index (χ1n) is 8.00. The van der Waals surface area contributed by atoms with Crippen LogP contribution in [0.5, 0.6) is 0 Å². The van der Waals surface area contributed by atoms with Gasteiger partial charge in [0.15, 0.2) is 0 Å². The van der Waals surface area contributed by atoms with Crippen LogP contribution in [-0.4, -0.2) is 15.9 Å². The summed E-state index contributed by atoms with van der Waals surface area (Å²) in [5, 5.41) is 5.38. The normalized spacial score (nSPS) is 11.1. The Hall–Kier alpha value is -3.42. The Morgan fingerprint density at radius 1 is 1.00 bits per heavy atom. The Morgan fingerprint density at radius 3 is 2.48 bits per heavy atom. The molecule has 1 aromatic carbocycles. The van der Waals surface area contributed by atoms with E-state index >= 15 is 0 Å². The minimum absolute atomic E-state index is 0.0129. The van der Waals surface area contributed by atoms with Crippen molar-refractivity contribution < 1.29 is 18.0 Å². The van der Waals surface area contributed by atoms with Crippen LogP contribution in [0.25, 0.3) is 0 Å². The summed E-state index contributed by atoms with van der Waals surface area (Å²) in [5.74, 6) is -0.717. The molecule has 138 valence electrons. The van der Waals surface area contributed by atoms with Gasteiger partial charge in [-0.2, -0.15) is 13.2 Å². The lowest BCUT2D eigenvalue weighted by atomic mass is 10.1. The smallest absolute Gasteiger partial charge is 0.380 e. The molecule has 0 spiro atoms. The summed E-state index contributed by atoms with van der Waals surface area (Å²) in [6.45, 7) is 0.528. The molecule has 0 saturated heterocycles. The molecule has 0 saturated carbocycles. The van der Waals surface area contributed by atoms with Gasteiger partial charge in [0.05, 0.1) is 23.1 Å². The van der Waals surface area contributed by atoms with Gasteiger partial charge in [0.1, 0.15) is 5.69 Å². The highest BCUT2D eigenvalue weighted by atomic mass is 19.4. The fourth-order valence-corrected chi connectivity index (χ4v) is 2.37. The van der Waals surface area contributed by atoms with E-state index in [-0.39, 0.29) is 11.4 Å². The second-order valence-electron chi connectivity index (χ2n) is 5.64. The van der Waals surface area contributed by atoms with Crippen LogP contribution in [0, 0.1) is 0 Å². The van der Waals surface area contributed by atoms with Crippen LogP contribution >= 0.6 is 0 Å². The van der Waals surface area contributed by atoms with E-state index in [0.29, 0.717) is 12.2 Å². The Balaban J connectivity index is 1.66. The fourth-order valence-electron chi connectivity index (χ4n) is 2.37. The molecule has 2 heterocycles. The van der Waals surface area contributed by atoms with Gasteiger partial charge in [-0.1, -0.05) is 18.2 Å². The number of amides is 1. The first-order valence-corrected chi connectivity index (χ1v) is 8.00. The Bertz CT molecular complexity index is 912. The van der Waals surface area contributed by atoms with E-state index in [2.05, 4.69) is 20.6 Å². The summed E-state index contributed by atoms with van der Waals surface area (Å²) in [5.41, 5.74) is 0.441. The Labute approximate surface area is 153 Å². The van der Waals surface area contributed by atoms with E-state index in [1.807, 2.05) is 12.1 Å². The summed E-state index contributed by atoms with van der Waals surface area (Å²) in [4.78, 5) is 20.2. The third kappa shape index (κ3) is 4.81. The Kier molecular flexibility index (Phi) is 5.35. The highest BCUT2D eigenvalue weighted by molar-refractivity contribution is 6.03. The van der Waals surface area contributed by atoms with E-state index in [9.17, 15) is 18.0 Å².